The van der Waals surface area contributed by atoms with Crippen molar-refractivity contribution in [3.63, 3.8) is 0 Å². The molecule has 1 amide bonds. The molecule has 0 unspecified atom stereocenters. The highest BCUT2D eigenvalue weighted by Gasteiger charge is 2.30. The summed E-state index contributed by atoms with van der Waals surface area (Å²) in [5, 5.41) is 11.9. The minimum absolute atomic E-state index is 0.102. The summed E-state index contributed by atoms with van der Waals surface area (Å²) in [5.74, 6) is -0.560. The van der Waals surface area contributed by atoms with Crippen LogP contribution in [0.25, 0.3) is 5.69 Å². The summed E-state index contributed by atoms with van der Waals surface area (Å²) >= 11 is 3.41. The van der Waals surface area contributed by atoms with Gasteiger partial charge in [0.25, 0.3) is 5.91 Å². The van der Waals surface area contributed by atoms with Crippen LogP contribution in [0.5, 0.6) is 0 Å². The maximum Gasteiger partial charge on any atom is 0.416 e. The fourth-order valence-electron chi connectivity index (χ4n) is 2.73. The van der Waals surface area contributed by atoms with E-state index in [4.69, 9.17) is 0 Å². The van der Waals surface area contributed by atoms with Crippen LogP contribution < -0.4 is 5.32 Å². The Labute approximate surface area is 167 Å². The van der Waals surface area contributed by atoms with Gasteiger partial charge in [-0.05, 0) is 51.8 Å². The maximum atomic E-state index is 12.8. The van der Waals surface area contributed by atoms with Crippen LogP contribution in [-0.4, -0.2) is 10.5 Å². The molecule has 0 aliphatic rings. The van der Waals surface area contributed by atoms with Crippen molar-refractivity contribution in [3.8, 4) is 11.8 Å². The van der Waals surface area contributed by atoms with Crippen LogP contribution in [-0.2, 0) is 12.7 Å². The van der Waals surface area contributed by atoms with Crippen LogP contribution in [0.15, 0.2) is 65.3 Å². The van der Waals surface area contributed by atoms with Gasteiger partial charge < -0.3 is 9.88 Å². The number of nitrogens with one attached hydrogen (secondary N) is 1. The molecule has 3 aromatic rings. The van der Waals surface area contributed by atoms with Gasteiger partial charge in [0.2, 0.25) is 0 Å². The first-order valence-electron chi connectivity index (χ1n) is 8.12. The largest absolute Gasteiger partial charge is 0.416 e. The number of nitriles is 1. The lowest BCUT2D eigenvalue weighted by Crippen LogP contribution is -2.26. The Balaban J connectivity index is 1.87. The first-order valence-corrected chi connectivity index (χ1v) is 8.91. The van der Waals surface area contributed by atoms with Gasteiger partial charge in [-0.1, -0.05) is 24.3 Å². The van der Waals surface area contributed by atoms with Crippen LogP contribution in [0.1, 0.15) is 27.2 Å². The molecular formula is C20H13BrF3N3O. The monoisotopic (exact) mass is 447 g/mol. The lowest BCUT2D eigenvalue weighted by atomic mass is 10.1. The lowest BCUT2D eigenvalue weighted by Gasteiger charge is -2.13. The number of para-hydroxylation sites is 1. The number of carbonyl (C=O) groups is 1. The van der Waals surface area contributed by atoms with Crippen molar-refractivity contribution in [1.29, 1.82) is 5.26 Å². The van der Waals surface area contributed by atoms with Crippen molar-refractivity contribution in [3.05, 3.63) is 87.7 Å². The van der Waals surface area contributed by atoms with Gasteiger partial charge in [-0.25, -0.2) is 0 Å². The van der Waals surface area contributed by atoms with E-state index in [1.807, 2.05) is 12.1 Å². The molecule has 0 saturated heterocycles. The van der Waals surface area contributed by atoms with E-state index in [-0.39, 0.29) is 17.8 Å². The highest BCUT2D eigenvalue weighted by atomic mass is 79.9. The second-order valence-electron chi connectivity index (χ2n) is 5.89. The van der Waals surface area contributed by atoms with Gasteiger partial charge in [0.05, 0.1) is 16.8 Å². The van der Waals surface area contributed by atoms with Crippen molar-refractivity contribution < 1.29 is 18.0 Å². The van der Waals surface area contributed by atoms with Crippen molar-refractivity contribution in [1.82, 2.24) is 9.88 Å². The standard InChI is InChI=1S/C20H13BrF3N3O/c21-16-6-1-2-7-17(16)27-9-8-14(11-25)18(27)19(28)26-12-13-4-3-5-15(10-13)20(22,23)24/h1-10H,12H2,(H,26,28). The molecule has 0 bridgehead atoms. The van der Waals surface area contributed by atoms with Crippen LogP contribution in [0.4, 0.5) is 13.2 Å². The number of aromatic nitrogens is 1. The summed E-state index contributed by atoms with van der Waals surface area (Å²) in [6.45, 7) is -0.102. The molecule has 8 heteroatoms. The van der Waals surface area contributed by atoms with E-state index < -0.39 is 17.6 Å². The van der Waals surface area contributed by atoms with Gasteiger partial charge >= 0.3 is 6.18 Å². The third-order valence-corrected chi connectivity index (χ3v) is 4.71. The van der Waals surface area contributed by atoms with Crippen LogP contribution in [0, 0.1) is 11.3 Å². The summed E-state index contributed by atoms with van der Waals surface area (Å²) in [6.07, 6.45) is -2.86. The van der Waals surface area contributed by atoms with Crippen molar-refractivity contribution in [2.24, 2.45) is 0 Å². The van der Waals surface area contributed by atoms with Gasteiger partial charge in [0.1, 0.15) is 11.8 Å². The topological polar surface area (TPSA) is 57.8 Å². The Morgan fingerprint density at radius 2 is 1.89 bits per heavy atom. The zero-order chi connectivity index (χ0) is 20.3. The second kappa shape index (κ2) is 7.90. The highest BCUT2D eigenvalue weighted by molar-refractivity contribution is 9.10. The molecule has 1 N–H and O–H groups in total. The Morgan fingerprint density at radius 1 is 1.14 bits per heavy atom. The normalized spacial score (nSPS) is 11.1. The van der Waals surface area contributed by atoms with Crippen LogP contribution in [0.2, 0.25) is 0 Å². The molecule has 28 heavy (non-hydrogen) atoms. The maximum absolute atomic E-state index is 12.8. The average molecular weight is 448 g/mol. The quantitative estimate of drug-likeness (QED) is 0.607. The molecular weight excluding hydrogens is 435 g/mol. The van der Waals surface area contributed by atoms with Gasteiger partial charge in [-0.2, -0.15) is 18.4 Å². The molecule has 0 radical (unpaired) electrons. The van der Waals surface area contributed by atoms with Gasteiger partial charge in [-0.15, -0.1) is 0 Å². The lowest BCUT2D eigenvalue weighted by molar-refractivity contribution is -0.137. The smallest absolute Gasteiger partial charge is 0.347 e. The van der Waals surface area contributed by atoms with Crippen molar-refractivity contribution >= 4 is 21.8 Å². The minimum Gasteiger partial charge on any atom is -0.347 e. The molecule has 4 nitrogen and oxygen atoms in total. The van der Waals surface area contributed by atoms with Crippen molar-refractivity contribution in [2.45, 2.75) is 12.7 Å². The first kappa shape index (κ1) is 19.7. The van der Waals surface area contributed by atoms with E-state index in [9.17, 15) is 23.2 Å². The van der Waals surface area contributed by atoms with E-state index >= 15 is 0 Å². The SMILES string of the molecule is N#Cc1ccn(-c2ccccc2Br)c1C(=O)NCc1cccc(C(F)(F)F)c1. The molecule has 142 valence electrons. The third kappa shape index (κ3) is 4.10. The molecule has 0 aliphatic heterocycles. The Hall–Kier alpha value is -3.05. The number of benzene rings is 2. The Morgan fingerprint density at radius 3 is 2.57 bits per heavy atom. The zero-order valence-corrected chi connectivity index (χ0v) is 15.9. The molecule has 0 spiro atoms. The van der Waals surface area contributed by atoms with E-state index in [1.54, 1.807) is 29.0 Å². The van der Waals surface area contributed by atoms with E-state index in [0.717, 1.165) is 16.6 Å². The summed E-state index contributed by atoms with van der Waals surface area (Å²) < 4.78 is 40.8. The number of amides is 1. The molecule has 1 aromatic heterocycles. The average Bonchev–Trinajstić information content (AvgIpc) is 3.10. The number of hydrogen-bond donors (Lipinski definition) is 1. The fourth-order valence-corrected chi connectivity index (χ4v) is 3.20. The molecule has 0 fully saturated rings. The highest BCUT2D eigenvalue weighted by Crippen LogP contribution is 2.29. The number of carbonyl (C=O) groups excluding carboxylic acids is 1. The first-order chi connectivity index (χ1) is 13.3. The number of nitrogens with zero attached hydrogens (tertiary/aromatic N) is 2. The van der Waals surface area contributed by atoms with Gasteiger partial charge in [0, 0.05) is 17.2 Å². The third-order valence-electron chi connectivity index (χ3n) is 4.04. The summed E-state index contributed by atoms with van der Waals surface area (Å²) in [4.78, 5) is 12.7. The minimum atomic E-state index is -4.46. The predicted octanol–water partition coefficient (Wildman–Crippen LogP) is 5.06. The van der Waals surface area contributed by atoms with Crippen LogP contribution >= 0.6 is 15.9 Å². The molecule has 0 atom stereocenters. The number of rotatable bonds is 4. The molecule has 0 aliphatic carbocycles. The molecule has 2 aromatic carbocycles. The summed E-state index contributed by atoms with van der Waals surface area (Å²) in [6, 6.07) is 15.4. The molecule has 3 rings (SSSR count). The fraction of sp³-hybridized carbons (Fsp3) is 0.100. The summed E-state index contributed by atoms with van der Waals surface area (Å²) in [5.41, 5.74) is 0.459. The van der Waals surface area contributed by atoms with Gasteiger partial charge in [-0.3, -0.25) is 4.79 Å². The zero-order valence-electron chi connectivity index (χ0n) is 14.3. The molecule has 0 saturated carbocycles. The van der Waals surface area contributed by atoms with E-state index in [1.165, 1.54) is 18.2 Å². The van der Waals surface area contributed by atoms with E-state index in [0.29, 0.717) is 11.3 Å². The summed E-state index contributed by atoms with van der Waals surface area (Å²) in [7, 11) is 0. The number of halogens is 4. The molecule has 1 heterocycles. The van der Waals surface area contributed by atoms with E-state index in [2.05, 4.69) is 21.2 Å². The Bertz CT molecular complexity index is 1070. The number of alkyl halides is 3. The number of hydrogen-bond acceptors (Lipinski definition) is 2. The predicted molar refractivity (Wildman–Crippen MR) is 101 cm³/mol. The van der Waals surface area contributed by atoms with Crippen LogP contribution in [0.3, 0.4) is 0 Å². The van der Waals surface area contributed by atoms with Gasteiger partial charge in [0.15, 0.2) is 0 Å². The Kier molecular flexibility index (Phi) is 5.56. The van der Waals surface area contributed by atoms with Crippen molar-refractivity contribution in [2.75, 3.05) is 0 Å². The second-order valence-corrected chi connectivity index (χ2v) is 6.75.